The number of amidine groups is 1. The minimum atomic E-state index is -1.45. The van der Waals surface area contributed by atoms with Crippen LogP contribution in [0.15, 0.2) is 29.3 Å². The van der Waals surface area contributed by atoms with Crippen molar-refractivity contribution in [2.45, 2.75) is 6.04 Å². The zero-order valence-corrected chi connectivity index (χ0v) is 12.3. The van der Waals surface area contributed by atoms with Crippen molar-refractivity contribution in [3.05, 3.63) is 29.8 Å². The first-order valence-electron chi connectivity index (χ1n) is 7.06. The first-order valence-corrected chi connectivity index (χ1v) is 7.06. The molecule has 0 saturated carbocycles. The molecule has 1 aromatic carbocycles. The summed E-state index contributed by atoms with van der Waals surface area (Å²) >= 11 is 0. The molecule has 24 heavy (non-hydrogen) atoms. The summed E-state index contributed by atoms with van der Waals surface area (Å²) in [6.07, 6.45) is 0. The molecule has 4 amide bonds. The van der Waals surface area contributed by atoms with Crippen molar-refractivity contribution in [1.82, 2.24) is 32.5 Å². The molecule has 2 aliphatic heterocycles. The van der Waals surface area contributed by atoms with Crippen molar-refractivity contribution >= 4 is 29.4 Å². The monoisotopic (exact) mass is 333 g/mol. The third-order valence-corrected chi connectivity index (χ3v) is 3.57. The first-order chi connectivity index (χ1) is 11.6. The van der Waals surface area contributed by atoms with Gasteiger partial charge in [0.15, 0.2) is 5.92 Å². The molecule has 11 nitrogen and oxygen atoms in total. The second-order valence-electron chi connectivity index (χ2n) is 5.14. The first kappa shape index (κ1) is 16.0. The Morgan fingerprint density at radius 3 is 2.33 bits per heavy atom. The van der Waals surface area contributed by atoms with Gasteiger partial charge >= 0.3 is 6.03 Å². The summed E-state index contributed by atoms with van der Waals surface area (Å²) in [6, 6.07) is 6.19. The standard InChI is InChI=1S/C13H15N7O4/c21-11-9(12(22)17-13(23)16-11)10(19-24)15-7-3-1-6(2-4-7)8-5-14-20-18-8/h1-4,8-9,14,18,20,24H,5H2,(H,15,19)(H2,16,17,21,22,23). The number of carbonyl (C=O) groups is 3. The van der Waals surface area contributed by atoms with Crippen LogP contribution in [0.25, 0.3) is 0 Å². The van der Waals surface area contributed by atoms with Crippen LogP contribution in [-0.2, 0) is 9.59 Å². The molecule has 2 aliphatic rings. The largest absolute Gasteiger partial charge is 0.328 e. The highest BCUT2D eigenvalue weighted by Gasteiger charge is 2.38. The summed E-state index contributed by atoms with van der Waals surface area (Å²) in [4.78, 5) is 38.7. The number of hydrogen-bond acceptors (Lipinski definition) is 8. The van der Waals surface area contributed by atoms with Gasteiger partial charge in [0.2, 0.25) is 11.8 Å². The van der Waals surface area contributed by atoms with Crippen molar-refractivity contribution in [1.29, 1.82) is 0 Å². The van der Waals surface area contributed by atoms with Crippen LogP contribution < -0.4 is 32.5 Å². The minimum Gasteiger partial charge on any atom is -0.290 e. The highest BCUT2D eigenvalue weighted by molar-refractivity contribution is 6.27. The Bertz CT molecular complexity index is 677. The van der Waals surface area contributed by atoms with Gasteiger partial charge in [0, 0.05) is 6.54 Å². The van der Waals surface area contributed by atoms with E-state index in [9.17, 15) is 19.6 Å². The number of nitrogens with one attached hydrogen (secondary N) is 6. The molecule has 2 fully saturated rings. The highest BCUT2D eigenvalue weighted by atomic mass is 16.5. The molecule has 1 aromatic rings. The van der Waals surface area contributed by atoms with Gasteiger partial charge in [0.1, 0.15) is 5.84 Å². The average molecular weight is 333 g/mol. The van der Waals surface area contributed by atoms with Crippen molar-refractivity contribution in [3.8, 4) is 0 Å². The van der Waals surface area contributed by atoms with Crippen LogP contribution in [0.3, 0.4) is 0 Å². The Labute approximate surface area is 135 Å². The number of amides is 4. The van der Waals surface area contributed by atoms with E-state index in [1.165, 1.54) is 0 Å². The molecule has 11 heteroatoms. The molecule has 2 heterocycles. The Morgan fingerprint density at radius 2 is 1.79 bits per heavy atom. The third-order valence-electron chi connectivity index (χ3n) is 3.57. The van der Waals surface area contributed by atoms with Crippen molar-refractivity contribution < 1.29 is 19.6 Å². The number of nitrogens with zero attached hydrogens (tertiary/aromatic N) is 1. The van der Waals surface area contributed by atoms with E-state index < -0.39 is 23.8 Å². The van der Waals surface area contributed by atoms with E-state index in [2.05, 4.69) is 21.4 Å². The number of benzene rings is 1. The van der Waals surface area contributed by atoms with Crippen LogP contribution in [-0.4, -0.2) is 35.4 Å². The van der Waals surface area contributed by atoms with Crippen molar-refractivity contribution in [2.75, 3.05) is 6.54 Å². The molecule has 126 valence electrons. The van der Waals surface area contributed by atoms with Crippen molar-refractivity contribution in [2.24, 2.45) is 10.9 Å². The van der Waals surface area contributed by atoms with E-state index in [0.29, 0.717) is 12.2 Å². The van der Waals surface area contributed by atoms with Crippen LogP contribution in [0.2, 0.25) is 0 Å². The molecule has 0 bridgehead atoms. The second-order valence-corrected chi connectivity index (χ2v) is 5.14. The number of hydrazine groups is 2. The molecular formula is C13H15N7O4. The van der Waals surface area contributed by atoms with Crippen LogP contribution in [0.1, 0.15) is 11.6 Å². The van der Waals surface area contributed by atoms with Gasteiger partial charge in [-0.1, -0.05) is 12.1 Å². The van der Waals surface area contributed by atoms with Gasteiger partial charge in [-0.25, -0.2) is 20.6 Å². The zero-order valence-electron chi connectivity index (χ0n) is 12.3. The van der Waals surface area contributed by atoms with Crippen LogP contribution >= 0.6 is 0 Å². The third kappa shape index (κ3) is 3.23. The molecule has 0 radical (unpaired) electrons. The van der Waals surface area contributed by atoms with Crippen LogP contribution in [0.5, 0.6) is 0 Å². The maximum Gasteiger partial charge on any atom is 0.328 e. The summed E-state index contributed by atoms with van der Waals surface area (Å²) < 4.78 is 0. The fourth-order valence-electron chi connectivity index (χ4n) is 2.38. The zero-order chi connectivity index (χ0) is 17.1. The summed E-state index contributed by atoms with van der Waals surface area (Å²) in [7, 11) is 0. The smallest absolute Gasteiger partial charge is 0.290 e. The summed E-state index contributed by atoms with van der Waals surface area (Å²) in [6.45, 7) is 0.711. The number of carbonyl (C=O) groups excluding carboxylic acids is 3. The number of aliphatic imine (C=N–C) groups is 1. The number of hydrogen-bond donors (Lipinski definition) is 7. The quantitative estimate of drug-likeness (QED) is 0.150. The number of rotatable bonds is 3. The number of barbiturate groups is 1. The molecular weight excluding hydrogens is 318 g/mol. The molecule has 0 spiro atoms. The fourth-order valence-corrected chi connectivity index (χ4v) is 2.38. The van der Waals surface area contributed by atoms with Crippen LogP contribution in [0.4, 0.5) is 10.5 Å². The van der Waals surface area contributed by atoms with Gasteiger partial charge in [0.05, 0.1) is 11.7 Å². The molecule has 0 aliphatic carbocycles. The molecule has 1 atom stereocenters. The maximum atomic E-state index is 11.8. The predicted octanol–water partition coefficient (Wildman–Crippen LogP) is -1.67. The molecule has 0 aromatic heterocycles. The Kier molecular flexibility index (Phi) is 4.48. The van der Waals surface area contributed by atoms with Crippen molar-refractivity contribution in [3.63, 3.8) is 0 Å². The summed E-state index contributed by atoms with van der Waals surface area (Å²) in [5.74, 6) is -3.47. The van der Waals surface area contributed by atoms with Gasteiger partial charge in [-0.05, 0) is 17.7 Å². The van der Waals surface area contributed by atoms with E-state index in [-0.39, 0.29) is 11.9 Å². The number of urea groups is 1. The van der Waals surface area contributed by atoms with Gasteiger partial charge in [0.25, 0.3) is 0 Å². The summed E-state index contributed by atoms with van der Waals surface area (Å²) in [5.41, 5.74) is 11.9. The fraction of sp³-hybridized carbons (Fsp3) is 0.231. The van der Waals surface area contributed by atoms with Gasteiger partial charge in [-0.15, -0.1) is 0 Å². The maximum absolute atomic E-state index is 11.8. The predicted molar refractivity (Wildman–Crippen MR) is 80.6 cm³/mol. The van der Waals surface area contributed by atoms with E-state index in [4.69, 9.17) is 0 Å². The minimum absolute atomic E-state index is 0.0966. The number of imide groups is 2. The normalized spacial score (nSPS) is 22.3. The van der Waals surface area contributed by atoms with E-state index >= 15 is 0 Å². The molecule has 3 rings (SSSR count). The van der Waals surface area contributed by atoms with Gasteiger partial charge in [-0.2, -0.15) is 5.53 Å². The lowest BCUT2D eigenvalue weighted by Gasteiger charge is -2.21. The average Bonchev–Trinajstić information content (AvgIpc) is 3.08. The lowest BCUT2D eigenvalue weighted by atomic mass is 10.0. The van der Waals surface area contributed by atoms with Crippen LogP contribution in [0, 0.1) is 5.92 Å². The SMILES string of the molecule is O=C1NC(=O)C(C(=Nc2ccc(C3CNNN3)cc2)NO)C(=O)N1. The topological polar surface area (TPSA) is 156 Å². The summed E-state index contributed by atoms with van der Waals surface area (Å²) in [5, 5.41) is 13.1. The highest BCUT2D eigenvalue weighted by Crippen LogP contribution is 2.19. The Balaban J connectivity index is 1.80. The molecule has 1 unspecified atom stereocenters. The van der Waals surface area contributed by atoms with E-state index in [1.807, 2.05) is 22.8 Å². The Morgan fingerprint density at radius 1 is 1.12 bits per heavy atom. The van der Waals surface area contributed by atoms with Gasteiger partial charge in [-0.3, -0.25) is 30.9 Å². The molecule has 2 saturated heterocycles. The lowest BCUT2D eigenvalue weighted by molar-refractivity contribution is -0.133. The Hall–Kier alpha value is -2.86. The lowest BCUT2D eigenvalue weighted by Crippen LogP contribution is -2.59. The van der Waals surface area contributed by atoms with Gasteiger partial charge < -0.3 is 0 Å². The van der Waals surface area contributed by atoms with E-state index in [1.54, 1.807) is 17.6 Å². The second kappa shape index (κ2) is 6.72. The number of hydroxylamine groups is 1. The molecule has 7 N–H and O–H groups in total. The van der Waals surface area contributed by atoms with E-state index in [0.717, 1.165) is 5.56 Å².